The Morgan fingerprint density at radius 3 is 1.68 bits per heavy atom. The van der Waals surface area contributed by atoms with Crippen molar-refractivity contribution in [1.29, 1.82) is 0 Å². The molecule has 13 rings (SSSR count). The minimum Gasteiger partial charge on any atom is -0.310 e. The molecule has 284 valence electrons. The largest absolute Gasteiger partial charge is 0.310 e. The molecule has 0 heterocycles. The summed E-state index contributed by atoms with van der Waals surface area (Å²) in [6.45, 7) is 4.84. The van der Waals surface area contributed by atoms with Crippen LogP contribution in [-0.4, -0.2) is 0 Å². The average molecular weight is 742 g/mol. The lowest BCUT2D eigenvalue weighted by atomic mass is 9.48. The molecule has 57 heavy (non-hydrogen) atoms. The van der Waals surface area contributed by atoms with Crippen LogP contribution in [0.2, 0.25) is 0 Å². The first-order valence-corrected chi connectivity index (χ1v) is 22.3. The second kappa shape index (κ2) is 12.8. The Morgan fingerprint density at radius 2 is 1.05 bits per heavy atom. The number of rotatable bonds is 7. The van der Waals surface area contributed by atoms with Crippen molar-refractivity contribution in [2.24, 2.45) is 29.6 Å². The molecule has 6 bridgehead atoms. The van der Waals surface area contributed by atoms with Crippen LogP contribution in [-0.2, 0) is 10.8 Å². The first-order chi connectivity index (χ1) is 27.9. The normalized spacial score (nSPS) is 28.4. The highest BCUT2D eigenvalue weighted by Crippen LogP contribution is 2.61. The van der Waals surface area contributed by atoms with Crippen molar-refractivity contribution in [2.45, 2.75) is 94.8 Å². The molecule has 0 spiro atoms. The van der Waals surface area contributed by atoms with Crippen LogP contribution < -0.4 is 4.90 Å². The average Bonchev–Trinajstić information content (AvgIpc) is 3.94. The lowest BCUT2D eigenvalue weighted by molar-refractivity contribution is -0.00518. The molecule has 7 aliphatic rings. The van der Waals surface area contributed by atoms with Gasteiger partial charge in [-0.05, 0) is 197 Å². The summed E-state index contributed by atoms with van der Waals surface area (Å²) in [5, 5.41) is 0. The van der Waals surface area contributed by atoms with Crippen molar-refractivity contribution in [2.75, 3.05) is 4.90 Å². The molecule has 0 aliphatic heterocycles. The summed E-state index contributed by atoms with van der Waals surface area (Å²) >= 11 is 0. The van der Waals surface area contributed by atoms with Crippen molar-refractivity contribution >= 4 is 17.1 Å². The smallest absolute Gasteiger partial charge is 0.0465 e. The quantitative estimate of drug-likeness (QED) is 0.157. The molecule has 6 aromatic carbocycles. The van der Waals surface area contributed by atoms with E-state index in [4.69, 9.17) is 0 Å². The van der Waals surface area contributed by atoms with Gasteiger partial charge < -0.3 is 4.90 Å². The third kappa shape index (κ3) is 5.55. The highest BCUT2D eigenvalue weighted by Gasteiger charge is 2.51. The lowest BCUT2D eigenvalue weighted by Crippen LogP contribution is -2.48. The van der Waals surface area contributed by atoms with Gasteiger partial charge in [0.15, 0.2) is 0 Å². The molecule has 1 nitrogen and oxygen atoms in total. The molecule has 6 fully saturated rings. The number of hydrogen-bond acceptors (Lipinski definition) is 1. The molecule has 0 saturated heterocycles. The van der Waals surface area contributed by atoms with Crippen LogP contribution in [0.25, 0.3) is 33.4 Å². The Balaban J connectivity index is 0.906. The Labute approximate surface area is 340 Å². The van der Waals surface area contributed by atoms with Crippen molar-refractivity contribution in [3.8, 4) is 33.4 Å². The molecule has 0 aromatic heterocycles. The number of anilines is 3. The molecule has 3 atom stereocenters. The Morgan fingerprint density at radius 1 is 0.456 bits per heavy atom. The monoisotopic (exact) mass is 741 g/mol. The summed E-state index contributed by atoms with van der Waals surface area (Å²) in [4.78, 5) is 2.55. The summed E-state index contributed by atoms with van der Waals surface area (Å²) in [5.41, 5.74) is 17.9. The maximum absolute atomic E-state index is 2.55. The zero-order valence-corrected chi connectivity index (χ0v) is 33.8. The zero-order valence-electron chi connectivity index (χ0n) is 33.8. The predicted octanol–water partition coefficient (Wildman–Crippen LogP) is 15.2. The van der Waals surface area contributed by atoms with Crippen LogP contribution in [0.4, 0.5) is 17.1 Å². The zero-order chi connectivity index (χ0) is 37.9. The van der Waals surface area contributed by atoms with Gasteiger partial charge in [-0.25, -0.2) is 0 Å². The Hall–Kier alpha value is -4.88. The van der Waals surface area contributed by atoms with E-state index in [2.05, 4.69) is 158 Å². The fourth-order valence-electron chi connectivity index (χ4n) is 13.9. The van der Waals surface area contributed by atoms with Crippen molar-refractivity contribution in [3.05, 3.63) is 162 Å². The van der Waals surface area contributed by atoms with Crippen LogP contribution in [0.15, 0.2) is 140 Å². The maximum Gasteiger partial charge on any atom is 0.0465 e. The molecule has 0 amide bonds. The summed E-state index contributed by atoms with van der Waals surface area (Å²) < 4.78 is 0. The number of nitrogens with zero attached hydrogens (tertiary/aromatic N) is 1. The van der Waals surface area contributed by atoms with Gasteiger partial charge in [0.25, 0.3) is 0 Å². The lowest BCUT2D eigenvalue weighted by Gasteiger charge is -2.57. The third-order valence-corrected chi connectivity index (χ3v) is 16.3. The Kier molecular flexibility index (Phi) is 7.68. The van der Waals surface area contributed by atoms with Gasteiger partial charge >= 0.3 is 0 Å². The van der Waals surface area contributed by atoms with E-state index in [1.54, 1.807) is 11.1 Å². The van der Waals surface area contributed by atoms with Gasteiger partial charge in [-0.1, -0.05) is 117 Å². The first kappa shape index (κ1) is 34.2. The SMILES string of the molecule is CC1(C)c2ccc(-c3ccc(-c4ccccc4)cc3)cc2-c2ccc(N(c3ccc(C4CC5CCC4C5)cc3)c3ccc(C45CC6CC(CC(C6)C4)C5)cc3)cc21. The van der Waals surface area contributed by atoms with E-state index in [9.17, 15) is 0 Å². The molecule has 0 radical (unpaired) electrons. The van der Waals surface area contributed by atoms with E-state index < -0.39 is 0 Å². The van der Waals surface area contributed by atoms with Gasteiger partial charge in [-0.2, -0.15) is 0 Å². The summed E-state index contributed by atoms with van der Waals surface area (Å²) in [6, 6.07) is 54.0. The van der Waals surface area contributed by atoms with Gasteiger partial charge in [0, 0.05) is 22.5 Å². The van der Waals surface area contributed by atoms with E-state index >= 15 is 0 Å². The number of fused-ring (bicyclic) bond motifs is 5. The Bertz CT molecular complexity index is 2430. The maximum atomic E-state index is 2.55. The van der Waals surface area contributed by atoms with Crippen LogP contribution >= 0.6 is 0 Å². The van der Waals surface area contributed by atoms with Gasteiger partial charge in [0.1, 0.15) is 0 Å². The van der Waals surface area contributed by atoms with E-state index in [-0.39, 0.29) is 5.41 Å². The van der Waals surface area contributed by atoms with E-state index in [0.717, 1.165) is 35.5 Å². The van der Waals surface area contributed by atoms with E-state index in [0.29, 0.717) is 5.41 Å². The van der Waals surface area contributed by atoms with Gasteiger partial charge in [0.05, 0.1) is 0 Å². The highest BCUT2D eigenvalue weighted by molar-refractivity contribution is 5.88. The van der Waals surface area contributed by atoms with Crippen molar-refractivity contribution in [1.82, 2.24) is 0 Å². The molecule has 6 saturated carbocycles. The van der Waals surface area contributed by atoms with Crippen LogP contribution in [0.1, 0.15) is 106 Å². The molecule has 0 N–H and O–H groups in total. The first-order valence-electron chi connectivity index (χ1n) is 22.3. The van der Waals surface area contributed by atoms with Gasteiger partial charge in [-0.3, -0.25) is 0 Å². The molecule has 3 unspecified atom stereocenters. The van der Waals surface area contributed by atoms with Crippen molar-refractivity contribution in [3.63, 3.8) is 0 Å². The molecular weight excluding hydrogens is 687 g/mol. The summed E-state index contributed by atoms with van der Waals surface area (Å²) in [7, 11) is 0. The summed E-state index contributed by atoms with van der Waals surface area (Å²) in [6.07, 6.45) is 14.4. The molecule has 6 aromatic rings. The van der Waals surface area contributed by atoms with Crippen LogP contribution in [0.5, 0.6) is 0 Å². The third-order valence-electron chi connectivity index (χ3n) is 16.3. The summed E-state index contributed by atoms with van der Waals surface area (Å²) in [5.74, 6) is 5.46. The predicted molar refractivity (Wildman–Crippen MR) is 238 cm³/mol. The van der Waals surface area contributed by atoms with Crippen LogP contribution in [0.3, 0.4) is 0 Å². The second-order valence-corrected chi connectivity index (χ2v) is 20.0. The molecule has 7 aliphatic carbocycles. The number of benzene rings is 6. The van der Waals surface area contributed by atoms with Crippen molar-refractivity contribution < 1.29 is 0 Å². The standard InChI is InChI=1S/C56H55N/c1-55(2)53-25-16-44(42-12-10-41(11-13-42)40-6-4-3-5-7-40)31-52(53)50-24-23-49(32-54(50)55)57(47-19-14-43(15-20-47)51-30-36-8-9-45(51)29-36)48-21-17-46(18-22-48)56-33-37-26-38(34-56)28-39(27-37)35-56/h3-7,10-25,31-32,36-39,45,51H,8-9,26-30,33-35H2,1-2H3. The fraction of sp³-hybridized carbons (Fsp3) is 0.357. The number of hydrogen-bond donors (Lipinski definition) is 0. The molecular formula is C56H55N. The minimum atomic E-state index is -0.101. The molecule has 1 heteroatoms. The van der Waals surface area contributed by atoms with Crippen LogP contribution in [0, 0.1) is 29.6 Å². The van der Waals surface area contributed by atoms with Gasteiger partial charge in [-0.15, -0.1) is 0 Å². The van der Waals surface area contributed by atoms with E-state index in [1.165, 1.54) is 126 Å². The van der Waals surface area contributed by atoms with E-state index in [1.807, 2.05) is 0 Å². The second-order valence-electron chi connectivity index (χ2n) is 20.0. The van der Waals surface area contributed by atoms with Gasteiger partial charge in [0.2, 0.25) is 0 Å². The topological polar surface area (TPSA) is 3.24 Å². The minimum absolute atomic E-state index is 0.101. The highest BCUT2D eigenvalue weighted by atomic mass is 15.1. The fourth-order valence-corrected chi connectivity index (χ4v) is 13.9.